The van der Waals surface area contributed by atoms with Crippen molar-refractivity contribution in [2.75, 3.05) is 5.73 Å². The van der Waals surface area contributed by atoms with E-state index < -0.39 is 0 Å². The lowest BCUT2D eigenvalue weighted by molar-refractivity contribution is 0.622. The highest BCUT2D eigenvalue weighted by Crippen LogP contribution is 2.24. The van der Waals surface area contributed by atoms with E-state index in [2.05, 4.69) is 22.2 Å². The molecule has 0 atom stereocenters. The Morgan fingerprint density at radius 1 is 1.10 bits per heavy atom. The lowest BCUT2D eigenvalue weighted by Gasteiger charge is -2.04. The maximum Gasteiger partial charge on any atom is 0.0706 e. The molecule has 3 aromatic rings. The molecule has 0 saturated carbocycles. The van der Waals surface area contributed by atoms with Crippen LogP contribution in [0.3, 0.4) is 0 Å². The fraction of sp³-hybridized carbons (Fsp3) is 0.250. The minimum absolute atomic E-state index is 0.792. The molecule has 102 valence electrons. The van der Waals surface area contributed by atoms with Crippen molar-refractivity contribution in [1.29, 1.82) is 0 Å². The monoisotopic (exact) mass is 266 g/mol. The standard InChI is InChI=1S/C16H18N4/c1-11-5-3-6-13(18-11)9-10-20-15-8-4-7-14(17)16(15)12(2)19-20/h3-8H,9-10,17H2,1-2H3. The molecule has 1 aromatic carbocycles. The molecule has 4 heteroatoms. The Labute approximate surface area is 118 Å². The van der Waals surface area contributed by atoms with Crippen LogP contribution >= 0.6 is 0 Å². The first kappa shape index (κ1) is 12.7. The van der Waals surface area contributed by atoms with E-state index in [1.807, 2.05) is 42.8 Å². The van der Waals surface area contributed by atoms with Crippen molar-refractivity contribution >= 4 is 16.6 Å². The zero-order valence-electron chi connectivity index (χ0n) is 11.8. The number of nitrogens with two attached hydrogens (primary N) is 1. The summed E-state index contributed by atoms with van der Waals surface area (Å²) in [4.78, 5) is 4.53. The fourth-order valence-corrected chi connectivity index (χ4v) is 2.58. The van der Waals surface area contributed by atoms with Crippen molar-refractivity contribution in [2.45, 2.75) is 26.8 Å². The first-order valence-electron chi connectivity index (χ1n) is 6.79. The zero-order valence-corrected chi connectivity index (χ0v) is 11.8. The van der Waals surface area contributed by atoms with Gasteiger partial charge in [-0.1, -0.05) is 12.1 Å². The van der Waals surface area contributed by atoms with Crippen molar-refractivity contribution in [3.8, 4) is 0 Å². The maximum atomic E-state index is 6.03. The van der Waals surface area contributed by atoms with Gasteiger partial charge in [0.15, 0.2) is 0 Å². The summed E-state index contributed by atoms with van der Waals surface area (Å²) < 4.78 is 2.02. The molecule has 0 saturated heterocycles. The van der Waals surface area contributed by atoms with Gasteiger partial charge in [-0.05, 0) is 38.1 Å². The third-order valence-corrected chi connectivity index (χ3v) is 3.51. The molecule has 0 aliphatic heterocycles. The average Bonchev–Trinajstić information content (AvgIpc) is 2.75. The molecule has 3 rings (SSSR count). The number of aryl methyl sites for hydroxylation is 4. The van der Waals surface area contributed by atoms with Crippen LogP contribution in [0.2, 0.25) is 0 Å². The quantitative estimate of drug-likeness (QED) is 0.742. The highest BCUT2D eigenvalue weighted by atomic mass is 15.3. The van der Waals surface area contributed by atoms with Gasteiger partial charge in [-0.25, -0.2) is 0 Å². The molecule has 0 amide bonds. The molecule has 0 unspecified atom stereocenters. The predicted octanol–water partition coefficient (Wildman–Crippen LogP) is 2.87. The summed E-state index contributed by atoms with van der Waals surface area (Å²) in [5.74, 6) is 0. The second kappa shape index (κ2) is 4.96. The van der Waals surface area contributed by atoms with Gasteiger partial charge in [0, 0.05) is 35.4 Å². The lowest BCUT2D eigenvalue weighted by atomic mass is 10.2. The molecule has 4 nitrogen and oxygen atoms in total. The number of nitrogens with zero attached hydrogens (tertiary/aromatic N) is 3. The Morgan fingerprint density at radius 3 is 2.70 bits per heavy atom. The summed E-state index contributed by atoms with van der Waals surface area (Å²) in [5.41, 5.74) is 11.0. The number of pyridine rings is 1. The molecule has 0 radical (unpaired) electrons. The van der Waals surface area contributed by atoms with Crippen LogP contribution in [0.25, 0.3) is 10.9 Å². The minimum Gasteiger partial charge on any atom is -0.398 e. The Kier molecular flexibility index (Phi) is 3.14. The molecular weight excluding hydrogens is 248 g/mol. The molecule has 0 aliphatic rings. The number of hydrogen-bond acceptors (Lipinski definition) is 3. The van der Waals surface area contributed by atoms with E-state index in [1.54, 1.807) is 0 Å². The number of anilines is 1. The molecule has 2 N–H and O–H groups in total. The number of fused-ring (bicyclic) bond motifs is 1. The summed E-state index contributed by atoms with van der Waals surface area (Å²) in [5, 5.41) is 5.66. The van der Waals surface area contributed by atoms with Gasteiger partial charge < -0.3 is 5.73 Å². The number of benzene rings is 1. The Bertz CT molecular complexity index is 758. The Balaban J connectivity index is 1.90. The number of hydrogen-bond donors (Lipinski definition) is 1. The van der Waals surface area contributed by atoms with Gasteiger partial charge in [0.1, 0.15) is 0 Å². The Morgan fingerprint density at radius 2 is 1.90 bits per heavy atom. The van der Waals surface area contributed by atoms with E-state index in [1.165, 1.54) is 0 Å². The van der Waals surface area contributed by atoms with Gasteiger partial charge in [0.05, 0.1) is 11.2 Å². The van der Waals surface area contributed by atoms with Crippen LogP contribution in [0.4, 0.5) is 5.69 Å². The number of aromatic nitrogens is 3. The third kappa shape index (κ3) is 2.25. The van der Waals surface area contributed by atoms with Gasteiger partial charge in [-0.3, -0.25) is 9.67 Å². The smallest absolute Gasteiger partial charge is 0.0706 e. The SMILES string of the molecule is Cc1cccc(CCn2nc(C)c3c(N)cccc32)n1. The average molecular weight is 266 g/mol. The fourth-order valence-electron chi connectivity index (χ4n) is 2.58. The zero-order chi connectivity index (χ0) is 14.1. The molecular formula is C16H18N4. The van der Waals surface area contributed by atoms with Crippen LogP contribution in [-0.4, -0.2) is 14.8 Å². The number of rotatable bonds is 3. The van der Waals surface area contributed by atoms with Crippen LogP contribution in [-0.2, 0) is 13.0 Å². The van der Waals surface area contributed by atoms with Crippen molar-refractivity contribution in [2.24, 2.45) is 0 Å². The van der Waals surface area contributed by atoms with Crippen molar-refractivity contribution in [3.63, 3.8) is 0 Å². The summed E-state index contributed by atoms with van der Waals surface area (Å²) in [7, 11) is 0. The third-order valence-electron chi connectivity index (χ3n) is 3.51. The van der Waals surface area contributed by atoms with Gasteiger partial charge in [-0.15, -0.1) is 0 Å². The van der Waals surface area contributed by atoms with Gasteiger partial charge in [0.25, 0.3) is 0 Å². The summed E-state index contributed by atoms with van der Waals surface area (Å²) in [6.07, 6.45) is 0.868. The maximum absolute atomic E-state index is 6.03. The summed E-state index contributed by atoms with van der Waals surface area (Å²) in [6, 6.07) is 12.1. The molecule has 0 aliphatic carbocycles. The van der Waals surface area contributed by atoms with Gasteiger partial charge in [0.2, 0.25) is 0 Å². The molecule has 2 heterocycles. The molecule has 0 spiro atoms. The molecule has 2 aromatic heterocycles. The molecule has 0 bridgehead atoms. The van der Waals surface area contributed by atoms with Gasteiger partial charge in [-0.2, -0.15) is 5.10 Å². The first-order chi connectivity index (χ1) is 9.65. The second-order valence-electron chi connectivity index (χ2n) is 5.07. The van der Waals surface area contributed by atoms with Gasteiger partial charge >= 0.3 is 0 Å². The van der Waals surface area contributed by atoms with Crippen LogP contribution in [0.15, 0.2) is 36.4 Å². The van der Waals surface area contributed by atoms with E-state index in [0.29, 0.717) is 0 Å². The van der Waals surface area contributed by atoms with E-state index in [4.69, 9.17) is 5.73 Å². The summed E-state index contributed by atoms with van der Waals surface area (Å²) >= 11 is 0. The van der Waals surface area contributed by atoms with E-state index >= 15 is 0 Å². The number of nitrogen functional groups attached to an aromatic ring is 1. The predicted molar refractivity (Wildman–Crippen MR) is 81.6 cm³/mol. The van der Waals surface area contributed by atoms with E-state index in [-0.39, 0.29) is 0 Å². The van der Waals surface area contributed by atoms with Crippen molar-refractivity contribution < 1.29 is 0 Å². The highest BCUT2D eigenvalue weighted by molar-refractivity contribution is 5.92. The minimum atomic E-state index is 0.792. The highest BCUT2D eigenvalue weighted by Gasteiger charge is 2.09. The molecule has 0 fully saturated rings. The van der Waals surface area contributed by atoms with E-state index in [9.17, 15) is 0 Å². The normalized spacial score (nSPS) is 11.1. The van der Waals surface area contributed by atoms with Crippen LogP contribution in [0.1, 0.15) is 17.1 Å². The van der Waals surface area contributed by atoms with Crippen LogP contribution in [0, 0.1) is 13.8 Å². The van der Waals surface area contributed by atoms with Crippen LogP contribution < -0.4 is 5.73 Å². The Hall–Kier alpha value is -2.36. The lowest BCUT2D eigenvalue weighted by Crippen LogP contribution is -2.04. The largest absolute Gasteiger partial charge is 0.398 e. The topological polar surface area (TPSA) is 56.7 Å². The second-order valence-corrected chi connectivity index (χ2v) is 5.07. The molecule has 20 heavy (non-hydrogen) atoms. The first-order valence-corrected chi connectivity index (χ1v) is 6.79. The van der Waals surface area contributed by atoms with Crippen LogP contribution in [0.5, 0.6) is 0 Å². The van der Waals surface area contributed by atoms with Crippen molar-refractivity contribution in [1.82, 2.24) is 14.8 Å². The summed E-state index contributed by atoms with van der Waals surface area (Å²) in [6.45, 7) is 4.82. The van der Waals surface area contributed by atoms with Crippen molar-refractivity contribution in [3.05, 3.63) is 53.5 Å². The van der Waals surface area contributed by atoms with E-state index in [0.717, 1.165) is 46.6 Å².